The van der Waals surface area contributed by atoms with Crippen LogP contribution in [0.15, 0.2) is 47.8 Å². The van der Waals surface area contributed by atoms with Gasteiger partial charge in [0.05, 0.1) is 0 Å². The van der Waals surface area contributed by atoms with Crippen LogP contribution in [0.3, 0.4) is 0 Å². The van der Waals surface area contributed by atoms with E-state index < -0.39 is 8.32 Å². The average Bonchev–Trinajstić information content (AvgIpc) is 2.88. The summed E-state index contributed by atoms with van der Waals surface area (Å²) in [6, 6.07) is 14.2. The van der Waals surface area contributed by atoms with Crippen LogP contribution in [0, 0.1) is 11.8 Å². The van der Waals surface area contributed by atoms with Crippen molar-refractivity contribution in [1.29, 1.82) is 0 Å². The monoisotopic (exact) mass is 286 g/mol. The van der Waals surface area contributed by atoms with Crippen LogP contribution in [0.4, 0.5) is 0 Å². The fourth-order valence-corrected chi connectivity index (χ4v) is 3.30. The summed E-state index contributed by atoms with van der Waals surface area (Å²) in [7, 11) is -1.61. The van der Waals surface area contributed by atoms with Gasteiger partial charge in [-0.15, -0.1) is 11.3 Å². The molecule has 0 bridgehead atoms. The first-order valence-electron chi connectivity index (χ1n) is 6.32. The molecule has 1 atom stereocenters. The molecule has 2 rings (SSSR count). The zero-order valence-electron chi connectivity index (χ0n) is 11.5. The third kappa shape index (κ3) is 4.68. The predicted molar refractivity (Wildman–Crippen MR) is 84.8 cm³/mol. The SMILES string of the molecule is C[Si](C)(C)OC(C#Cc1ccccc1)c1cccs1. The molecule has 1 aromatic carbocycles. The molecular weight excluding hydrogens is 268 g/mol. The van der Waals surface area contributed by atoms with Gasteiger partial charge in [0.2, 0.25) is 0 Å². The first-order chi connectivity index (χ1) is 9.04. The highest BCUT2D eigenvalue weighted by molar-refractivity contribution is 7.10. The van der Waals surface area contributed by atoms with Gasteiger partial charge in [0, 0.05) is 10.4 Å². The van der Waals surface area contributed by atoms with E-state index in [0.717, 1.165) is 5.56 Å². The molecule has 0 aliphatic heterocycles. The van der Waals surface area contributed by atoms with Gasteiger partial charge in [-0.3, -0.25) is 0 Å². The summed E-state index contributed by atoms with van der Waals surface area (Å²) in [5.41, 5.74) is 1.03. The van der Waals surface area contributed by atoms with Gasteiger partial charge in [0.25, 0.3) is 0 Å². The van der Waals surface area contributed by atoms with E-state index in [1.54, 1.807) is 11.3 Å². The Morgan fingerprint density at radius 3 is 2.37 bits per heavy atom. The van der Waals surface area contributed by atoms with Gasteiger partial charge in [-0.05, 0) is 43.2 Å². The second-order valence-electron chi connectivity index (χ2n) is 5.26. The minimum absolute atomic E-state index is 0.105. The fourth-order valence-electron chi connectivity index (χ4n) is 1.62. The van der Waals surface area contributed by atoms with Crippen molar-refractivity contribution in [3.05, 3.63) is 58.3 Å². The van der Waals surface area contributed by atoms with E-state index in [2.05, 4.69) is 42.9 Å². The lowest BCUT2D eigenvalue weighted by molar-refractivity contribution is 0.261. The van der Waals surface area contributed by atoms with Crippen molar-refractivity contribution in [3.63, 3.8) is 0 Å². The van der Waals surface area contributed by atoms with Crippen molar-refractivity contribution in [2.45, 2.75) is 25.7 Å². The molecule has 2 aromatic rings. The molecule has 0 radical (unpaired) electrons. The molecule has 19 heavy (non-hydrogen) atoms. The molecule has 0 amide bonds. The van der Waals surface area contributed by atoms with E-state index in [0.29, 0.717) is 0 Å². The Labute approximate surface area is 120 Å². The van der Waals surface area contributed by atoms with E-state index in [9.17, 15) is 0 Å². The topological polar surface area (TPSA) is 9.23 Å². The minimum atomic E-state index is -1.61. The second-order valence-corrected chi connectivity index (χ2v) is 10.7. The molecule has 0 fully saturated rings. The van der Waals surface area contributed by atoms with Gasteiger partial charge in [-0.2, -0.15) is 0 Å². The van der Waals surface area contributed by atoms with Crippen molar-refractivity contribution in [2.75, 3.05) is 0 Å². The number of rotatable bonds is 3. The highest BCUT2D eigenvalue weighted by atomic mass is 32.1. The average molecular weight is 286 g/mol. The molecule has 0 spiro atoms. The van der Waals surface area contributed by atoms with Gasteiger partial charge >= 0.3 is 0 Å². The lowest BCUT2D eigenvalue weighted by atomic mass is 10.2. The lowest BCUT2D eigenvalue weighted by Gasteiger charge is -2.21. The number of thiophene rings is 1. The molecule has 0 aliphatic rings. The van der Waals surface area contributed by atoms with Gasteiger partial charge in [-0.1, -0.05) is 36.1 Å². The maximum atomic E-state index is 6.18. The summed E-state index contributed by atoms with van der Waals surface area (Å²) in [6.07, 6.45) is -0.105. The molecule has 1 nitrogen and oxygen atoms in total. The van der Waals surface area contributed by atoms with E-state index >= 15 is 0 Å². The first kappa shape index (κ1) is 14.1. The minimum Gasteiger partial charge on any atom is -0.400 e. The molecule has 98 valence electrons. The third-order valence-corrected chi connectivity index (χ3v) is 4.25. The molecule has 0 aliphatic carbocycles. The van der Waals surface area contributed by atoms with Crippen LogP contribution in [0.5, 0.6) is 0 Å². The predicted octanol–water partition coefficient (Wildman–Crippen LogP) is 4.69. The molecule has 0 saturated carbocycles. The molecule has 0 saturated heterocycles. The quantitative estimate of drug-likeness (QED) is 0.587. The van der Waals surface area contributed by atoms with Crippen molar-refractivity contribution < 1.29 is 4.43 Å². The van der Waals surface area contributed by atoms with Crippen LogP contribution < -0.4 is 0 Å². The zero-order chi connectivity index (χ0) is 13.7. The maximum absolute atomic E-state index is 6.18. The van der Waals surface area contributed by atoms with Crippen LogP contribution in [-0.2, 0) is 4.43 Å². The fraction of sp³-hybridized carbons (Fsp3) is 0.250. The number of hydrogen-bond acceptors (Lipinski definition) is 2. The molecule has 3 heteroatoms. The van der Waals surface area contributed by atoms with E-state index in [1.165, 1.54) is 4.88 Å². The summed E-state index contributed by atoms with van der Waals surface area (Å²) in [4.78, 5) is 1.19. The number of benzene rings is 1. The summed E-state index contributed by atoms with van der Waals surface area (Å²) >= 11 is 1.70. The first-order valence-corrected chi connectivity index (χ1v) is 10.6. The van der Waals surface area contributed by atoms with Crippen LogP contribution in [0.1, 0.15) is 16.5 Å². The standard InChI is InChI=1S/C16H18OSSi/c1-19(2,3)17-15(16-10-7-13-18-16)12-11-14-8-5-4-6-9-14/h4-10,13,15H,1-3H3. The Balaban J connectivity index is 2.22. The van der Waals surface area contributed by atoms with E-state index in [1.807, 2.05) is 36.4 Å². The van der Waals surface area contributed by atoms with E-state index in [4.69, 9.17) is 4.43 Å². The Morgan fingerprint density at radius 2 is 1.79 bits per heavy atom. The highest BCUT2D eigenvalue weighted by Crippen LogP contribution is 2.25. The number of hydrogen-bond donors (Lipinski definition) is 0. The molecule has 0 N–H and O–H groups in total. The summed E-state index contributed by atoms with van der Waals surface area (Å²) in [5, 5.41) is 2.07. The molecular formula is C16H18OSSi. The Kier molecular flexibility index (Phi) is 4.59. The van der Waals surface area contributed by atoms with Gasteiger partial charge in [-0.25, -0.2) is 0 Å². The van der Waals surface area contributed by atoms with Crippen molar-refractivity contribution in [3.8, 4) is 11.8 Å². The van der Waals surface area contributed by atoms with Crippen molar-refractivity contribution >= 4 is 19.7 Å². The highest BCUT2D eigenvalue weighted by Gasteiger charge is 2.21. The normalized spacial score (nSPS) is 12.6. The van der Waals surface area contributed by atoms with Crippen LogP contribution >= 0.6 is 11.3 Å². The smallest absolute Gasteiger partial charge is 0.185 e. The van der Waals surface area contributed by atoms with Crippen molar-refractivity contribution in [2.24, 2.45) is 0 Å². The second kappa shape index (κ2) is 6.20. The van der Waals surface area contributed by atoms with Gasteiger partial charge < -0.3 is 4.43 Å². The van der Waals surface area contributed by atoms with Crippen LogP contribution in [0.25, 0.3) is 0 Å². The largest absolute Gasteiger partial charge is 0.400 e. The van der Waals surface area contributed by atoms with Gasteiger partial charge in [0.1, 0.15) is 6.10 Å². The van der Waals surface area contributed by atoms with Crippen LogP contribution in [-0.4, -0.2) is 8.32 Å². The Morgan fingerprint density at radius 1 is 1.05 bits per heavy atom. The van der Waals surface area contributed by atoms with Gasteiger partial charge in [0.15, 0.2) is 8.32 Å². The Bertz CT molecular complexity index is 558. The summed E-state index contributed by atoms with van der Waals surface area (Å²) < 4.78 is 6.18. The zero-order valence-corrected chi connectivity index (χ0v) is 13.3. The molecule has 1 heterocycles. The third-order valence-electron chi connectivity index (χ3n) is 2.39. The van der Waals surface area contributed by atoms with Crippen LogP contribution in [0.2, 0.25) is 19.6 Å². The molecule has 1 unspecified atom stereocenters. The van der Waals surface area contributed by atoms with Crippen molar-refractivity contribution in [1.82, 2.24) is 0 Å². The van der Waals surface area contributed by atoms with E-state index in [-0.39, 0.29) is 6.10 Å². The summed E-state index contributed by atoms with van der Waals surface area (Å²) in [5.74, 6) is 6.48. The maximum Gasteiger partial charge on any atom is 0.185 e. The lowest BCUT2D eigenvalue weighted by Crippen LogP contribution is -2.27. The Hall–Kier alpha value is -1.34. The molecule has 1 aromatic heterocycles. The summed E-state index contributed by atoms with van der Waals surface area (Å²) in [6.45, 7) is 6.58.